The molecule has 1 saturated carbocycles. The van der Waals surface area contributed by atoms with Crippen LogP contribution in [0.3, 0.4) is 0 Å². The molecule has 0 aliphatic heterocycles. The van der Waals surface area contributed by atoms with Crippen LogP contribution in [0.1, 0.15) is 44.0 Å². The summed E-state index contributed by atoms with van der Waals surface area (Å²) < 4.78 is 19.1. The number of likely N-dealkylation sites (N-methyl/N-ethyl adjacent to an activating group) is 1. The van der Waals surface area contributed by atoms with Gasteiger partial charge in [0.15, 0.2) is 0 Å². The molecule has 4 heteroatoms. The molecule has 0 amide bonds. The van der Waals surface area contributed by atoms with E-state index in [2.05, 4.69) is 4.90 Å². The number of aliphatic hydroxyl groups excluding tert-OH is 1. The summed E-state index contributed by atoms with van der Waals surface area (Å²) in [5.41, 5.74) is 0.333. The smallest absolute Gasteiger partial charge is 0.135 e. The second-order valence-electron chi connectivity index (χ2n) is 6.29. The van der Waals surface area contributed by atoms with Gasteiger partial charge in [-0.1, -0.05) is 19.3 Å². The molecule has 1 aliphatic rings. The van der Waals surface area contributed by atoms with Gasteiger partial charge in [0, 0.05) is 5.39 Å². The maximum Gasteiger partial charge on any atom is 0.135 e. The molecule has 1 aliphatic carbocycles. The number of hydrogen-bond donors (Lipinski definition) is 1. The van der Waals surface area contributed by atoms with Gasteiger partial charge in [0.05, 0.1) is 5.54 Å². The predicted octanol–water partition coefficient (Wildman–Crippen LogP) is 3.87. The molecule has 1 atom stereocenters. The number of furan rings is 1. The van der Waals surface area contributed by atoms with Crippen LogP contribution in [0.4, 0.5) is 4.39 Å². The lowest BCUT2D eigenvalue weighted by atomic mass is 9.76. The molecule has 3 nitrogen and oxygen atoms in total. The SMILES string of the molecule is CN(C)C1(C(O)c2cc3cc(F)ccc3o2)CCCCC1. The van der Waals surface area contributed by atoms with Crippen molar-refractivity contribution < 1.29 is 13.9 Å². The summed E-state index contributed by atoms with van der Waals surface area (Å²) in [5, 5.41) is 11.6. The second kappa shape index (κ2) is 5.43. The Labute approximate surface area is 124 Å². The Bertz CT molecular complexity index is 629. The topological polar surface area (TPSA) is 36.6 Å². The zero-order valence-corrected chi connectivity index (χ0v) is 12.6. The molecule has 1 heterocycles. The van der Waals surface area contributed by atoms with Gasteiger partial charge in [-0.2, -0.15) is 0 Å². The highest BCUT2D eigenvalue weighted by Crippen LogP contribution is 2.43. The number of hydrogen-bond acceptors (Lipinski definition) is 3. The Hall–Kier alpha value is -1.39. The third-order valence-electron chi connectivity index (χ3n) is 4.89. The zero-order valence-electron chi connectivity index (χ0n) is 12.6. The van der Waals surface area contributed by atoms with Gasteiger partial charge in [-0.15, -0.1) is 0 Å². The van der Waals surface area contributed by atoms with Crippen LogP contribution in [0.5, 0.6) is 0 Å². The number of fused-ring (bicyclic) bond motifs is 1. The van der Waals surface area contributed by atoms with Crippen molar-refractivity contribution in [3.05, 3.63) is 35.8 Å². The molecule has 0 radical (unpaired) electrons. The summed E-state index contributed by atoms with van der Waals surface area (Å²) in [7, 11) is 4.02. The van der Waals surface area contributed by atoms with Crippen LogP contribution in [-0.4, -0.2) is 29.6 Å². The predicted molar refractivity (Wildman–Crippen MR) is 80.6 cm³/mol. The van der Waals surface area contributed by atoms with Crippen molar-refractivity contribution in [1.29, 1.82) is 0 Å². The van der Waals surface area contributed by atoms with E-state index in [1.165, 1.54) is 18.6 Å². The molecule has 1 aromatic heterocycles. The Kier molecular flexibility index (Phi) is 3.76. The number of halogens is 1. The van der Waals surface area contributed by atoms with Crippen molar-refractivity contribution in [2.24, 2.45) is 0 Å². The molecule has 0 spiro atoms. The van der Waals surface area contributed by atoms with Gasteiger partial charge in [-0.05, 0) is 51.2 Å². The van der Waals surface area contributed by atoms with Gasteiger partial charge in [0.1, 0.15) is 23.3 Å². The average Bonchev–Trinajstić information content (AvgIpc) is 2.89. The summed E-state index contributed by atoms with van der Waals surface area (Å²) in [6.07, 6.45) is 4.66. The van der Waals surface area contributed by atoms with Crippen molar-refractivity contribution >= 4 is 11.0 Å². The second-order valence-corrected chi connectivity index (χ2v) is 6.29. The molecular formula is C17H22FNO2. The third-order valence-corrected chi connectivity index (χ3v) is 4.89. The van der Waals surface area contributed by atoms with Crippen molar-refractivity contribution in [2.75, 3.05) is 14.1 Å². The number of nitrogens with zero attached hydrogens (tertiary/aromatic N) is 1. The Morgan fingerprint density at radius 2 is 1.90 bits per heavy atom. The minimum Gasteiger partial charge on any atom is -0.458 e. The van der Waals surface area contributed by atoms with Gasteiger partial charge in [-0.25, -0.2) is 4.39 Å². The van der Waals surface area contributed by atoms with E-state index in [9.17, 15) is 9.50 Å². The fraction of sp³-hybridized carbons (Fsp3) is 0.529. The van der Waals surface area contributed by atoms with E-state index in [-0.39, 0.29) is 11.4 Å². The number of rotatable bonds is 3. The Morgan fingerprint density at radius 3 is 2.57 bits per heavy atom. The minimum absolute atomic E-state index is 0.287. The van der Waals surface area contributed by atoms with Gasteiger partial charge in [0.2, 0.25) is 0 Å². The van der Waals surface area contributed by atoms with Crippen LogP contribution in [0.15, 0.2) is 28.7 Å². The van der Waals surface area contributed by atoms with E-state index in [1.54, 1.807) is 12.1 Å². The highest BCUT2D eigenvalue weighted by atomic mass is 19.1. The van der Waals surface area contributed by atoms with Gasteiger partial charge >= 0.3 is 0 Å². The van der Waals surface area contributed by atoms with Crippen molar-refractivity contribution in [1.82, 2.24) is 4.90 Å². The molecule has 2 aromatic rings. The van der Waals surface area contributed by atoms with Crippen LogP contribution in [-0.2, 0) is 0 Å². The Balaban J connectivity index is 1.99. The number of aliphatic hydroxyl groups is 1. The summed E-state index contributed by atoms with van der Waals surface area (Å²) in [4.78, 5) is 2.12. The first kappa shape index (κ1) is 14.5. The maximum atomic E-state index is 13.3. The molecule has 114 valence electrons. The lowest BCUT2D eigenvalue weighted by Gasteiger charge is -2.45. The van der Waals surface area contributed by atoms with Gasteiger partial charge < -0.3 is 14.4 Å². The molecule has 1 fully saturated rings. The quantitative estimate of drug-likeness (QED) is 0.932. The fourth-order valence-electron chi connectivity index (χ4n) is 3.56. The molecule has 1 N–H and O–H groups in total. The van der Waals surface area contributed by atoms with Crippen molar-refractivity contribution in [3.63, 3.8) is 0 Å². The lowest BCUT2D eigenvalue weighted by Crippen LogP contribution is -2.50. The average molecular weight is 291 g/mol. The van der Waals surface area contributed by atoms with E-state index in [1.807, 2.05) is 14.1 Å². The first-order valence-corrected chi connectivity index (χ1v) is 7.57. The molecule has 3 rings (SSSR count). The van der Waals surface area contributed by atoms with Gasteiger partial charge in [0.25, 0.3) is 0 Å². The van der Waals surface area contributed by atoms with Crippen LogP contribution < -0.4 is 0 Å². The number of benzene rings is 1. The molecule has 1 aromatic carbocycles. The summed E-state index contributed by atoms with van der Waals surface area (Å²) in [6.45, 7) is 0. The van der Waals surface area contributed by atoms with E-state index in [0.717, 1.165) is 25.7 Å². The van der Waals surface area contributed by atoms with Crippen LogP contribution in [0.2, 0.25) is 0 Å². The summed E-state index contributed by atoms with van der Waals surface area (Å²) >= 11 is 0. The van der Waals surface area contributed by atoms with Crippen LogP contribution >= 0.6 is 0 Å². The molecule has 0 saturated heterocycles. The monoisotopic (exact) mass is 291 g/mol. The standard InChI is InChI=1S/C17H22FNO2/c1-19(2)17(8-4-3-5-9-17)16(20)15-11-12-10-13(18)6-7-14(12)21-15/h6-7,10-11,16,20H,3-5,8-9H2,1-2H3. The Morgan fingerprint density at radius 1 is 1.19 bits per heavy atom. The normalized spacial score (nSPS) is 20.0. The lowest BCUT2D eigenvalue weighted by molar-refractivity contribution is -0.0433. The fourth-order valence-corrected chi connectivity index (χ4v) is 3.56. The van der Waals surface area contributed by atoms with E-state index in [0.29, 0.717) is 16.7 Å². The van der Waals surface area contributed by atoms with E-state index < -0.39 is 6.10 Å². The van der Waals surface area contributed by atoms with Crippen molar-refractivity contribution in [2.45, 2.75) is 43.7 Å². The van der Waals surface area contributed by atoms with Crippen LogP contribution in [0, 0.1) is 5.82 Å². The first-order chi connectivity index (χ1) is 10.0. The molecule has 0 bridgehead atoms. The van der Waals surface area contributed by atoms with Gasteiger partial charge in [-0.3, -0.25) is 0 Å². The van der Waals surface area contributed by atoms with Crippen molar-refractivity contribution in [3.8, 4) is 0 Å². The molecule has 1 unspecified atom stereocenters. The summed E-state index contributed by atoms with van der Waals surface area (Å²) in [5.74, 6) is 0.246. The first-order valence-electron chi connectivity index (χ1n) is 7.57. The maximum absolute atomic E-state index is 13.3. The minimum atomic E-state index is -0.691. The highest BCUT2D eigenvalue weighted by molar-refractivity contribution is 5.78. The molecule has 21 heavy (non-hydrogen) atoms. The highest BCUT2D eigenvalue weighted by Gasteiger charge is 2.43. The molecular weight excluding hydrogens is 269 g/mol. The summed E-state index contributed by atoms with van der Waals surface area (Å²) in [6, 6.07) is 6.20. The van der Waals surface area contributed by atoms with E-state index >= 15 is 0 Å². The van der Waals surface area contributed by atoms with E-state index in [4.69, 9.17) is 4.42 Å². The zero-order chi connectivity index (χ0) is 15.0. The largest absolute Gasteiger partial charge is 0.458 e. The third kappa shape index (κ3) is 2.47. The van der Waals surface area contributed by atoms with Crippen LogP contribution in [0.25, 0.3) is 11.0 Å².